The van der Waals surface area contributed by atoms with Crippen molar-refractivity contribution in [2.24, 2.45) is 16.6 Å². The summed E-state index contributed by atoms with van der Waals surface area (Å²) in [6, 6.07) is 6.02. The Kier molecular flexibility index (Phi) is 9.20. The van der Waals surface area contributed by atoms with Crippen LogP contribution in [0.4, 0.5) is 0 Å². The van der Waals surface area contributed by atoms with Crippen molar-refractivity contribution < 1.29 is 5.11 Å². The second-order valence-corrected chi connectivity index (χ2v) is 9.50. The molecule has 32 heavy (non-hydrogen) atoms. The van der Waals surface area contributed by atoms with Gasteiger partial charge < -0.3 is 10.8 Å². The number of hydrogen-bond donors (Lipinski definition) is 2. The zero-order valence-electron chi connectivity index (χ0n) is 20.5. The Hall–Kier alpha value is -2.01. The Morgan fingerprint density at radius 3 is 2.59 bits per heavy atom. The van der Waals surface area contributed by atoms with Gasteiger partial charge in [0.25, 0.3) is 0 Å². The van der Waals surface area contributed by atoms with Crippen molar-refractivity contribution in [3.05, 3.63) is 58.4 Å². The molecule has 0 spiro atoms. The van der Waals surface area contributed by atoms with Gasteiger partial charge in [-0.05, 0) is 75.3 Å². The van der Waals surface area contributed by atoms with Gasteiger partial charge in [-0.2, -0.15) is 0 Å². The summed E-state index contributed by atoms with van der Waals surface area (Å²) < 4.78 is 0. The molecule has 2 rings (SSSR count). The number of benzene rings is 1. The highest BCUT2D eigenvalue weighted by atomic mass is 35.5. The van der Waals surface area contributed by atoms with E-state index in [1.165, 1.54) is 0 Å². The maximum Gasteiger partial charge on any atom is 0.0967 e. The van der Waals surface area contributed by atoms with Crippen LogP contribution in [0.3, 0.4) is 0 Å². The Balaban J connectivity index is 2.71. The molecule has 1 aromatic heterocycles. The van der Waals surface area contributed by atoms with Gasteiger partial charge in [0.2, 0.25) is 0 Å². The molecule has 0 fully saturated rings. The fourth-order valence-corrected chi connectivity index (χ4v) is 3.87. The maximum absolute atomic E-state index is 10.2. The predicted octanol–water partition coefficient (Wildman–Crippen LogP) is 7.17. The monoisotopic (exact) mass is 455 g/mol. The minimum Gasteiger partial charge on any atom is -0.385 e. The third kappa shape index (κ3) is 6.28. The van der Waals surface area contributed by atoms with Crippen molar-refractivity contribution in [1.29, 1.82) is 0 Å². The van der Waals surface area contributed by atoms with Crippen LogP contribution in [-0.2, 0) is 0 Å². The Labute approximate surface area is 198 Å². The number of aliphatic imine (C=N–C) groups is 1. The molecule has 2 unspecified atom stereocenters. The summed E-state index contributed by atoms with van der Waals surface area (Å²) in [4.78, 5) is 9.24. The molecule has 174 valence electrons. The van der Waals surface area contributed by atoms with Gasteiger partial charge in [-0.1, -0.05) is 57.0 Å². The largest absolute Gasteiger partial charge is 0.385 e. The predicted molar refractivity (Wildman–Crippen MR) is 139 cm³/mol. The lowest BCUT2D eigenvalue weighted by Crippen LogP contribution is -2.28. The van der Waals surface area contributed by atoms with Gasteiger partial charge in [0.05, 0.1) is 21.8 Å². The molecule has 0 radical (unpaired) electrons. The zero-order valence-corrected chi connectivity index (χ0v) is 21.3. The van der Waals surface area contributed by atoms with Crippen LogP contribution in [0.1, 0.15) is 83.7 Å². The number of aliphatic hydroxyl groups is 1. The van der Waals surface area contributed by atoms with Gasteiger partial charge in [0.15, 0.2) is 0 Å². The van der Waals surface area contributed by atoms with Gasteiger partial charge in [0.1, 0.15) is 0 Å². The molecular formula is C27H38ClN3O. The summed E-state index contributed by atoms with van der Waals surface area (Å²) >= 11 is 6.76. The smallest absolute Gasteiger partial charge is 0.0967 e. The summed E-state index contributed by atoms with van der Waals surface area (Å²) in [7, 11) is 0. The summed E-state index contributed by atoms with van der Waals surface area (Å²) in [5.41, 5.74) is 11.0. The summed E-state index contributed by atoms with van der Waals surface area (Å²) in [5, 5.41) is 11.8. The summed E-state index contributed by atoms with van der Waals surface area (Å²) in [6.45, 7) is 13.7. The number of allylic oxidation sites excluding steroid dienone is 3. The standard InChI is InChI=1S/C27H38ClN3O/c1-8-10-12-21(16-30-19(5)27(6,7)32)20-13-14-23-22(15-20)24(25(28)18(4)31-23)26(29)17(3)11-9-2/h10,12-17,26,32H,8-9,11,29H2,1-7H3/b12-10+,21-16+,30-19?. The Morgan fingerprint density at radius 2 is 2.00 bits per heavy atom. The SMILES string of the molecule is CC/C=C/C(=C\N=C(C)C(C)(C)O)c1ccc2nc(C)c(Cl)c(C(N)C(C)CCC)c2c1. The van der Waals surface area contributed by atoms with E-state index in [-0.39, 0.29) is 6.04 Å². The lowest BCUT2D eigenvalue weighted by molar-refractivity contribution is 0.153. The molecule has 5 heteroatoms. The average molecular weight is 456 g/mol. The molecule has 2 aromatic rings. The van der Waals surface area contributed by atoms with Crippen LogP contribution in [0.5, 0.6) is 0 Å². The van der Waals surface area contributed by atoms with Gasteiger partial charge in [-0.3, -0.25) is 9.98 Å². The van der Waals surface area contributed by atoms with Crippen LogP contribution in [-0.4, -0.2) is 21.4 Å². The zero-order chi connectivity index (χ0) is 24.1. The minimum atomic E-state index is -0.968. The number of aromatic nitrogens is 1. The molecule has 0 saturated heterocycles. The highest BCUT2D eigenvalue weighted by Gasteiger charge is 2.22. The van der Waals surface area contributed by atoms with Crippen molar-refractivity contribution in [3.8, 4) is 0 Å². The van der Waals surface area contributed by atoms with Crippen molar-refractivity contribution in [2.45, 2.75) is 79.4 Å². The first-order chi connectivity index (χ1) is 15.0. The lowest BCUT2D eigenvalue weighted by atomic mass is 9.88. The van der Waals surface area contributed by atoms with Crippen LogP contribution < -0.4 is 5.73 Å². The van der Waals surface area contributed by atoms with E-state index in [1.54, 1.807) is 13.8 Å². The van der Waals surface area contributed by atoms with Gasteiger partial charge in [-0.25, -0.2) is 0 Å². The quantitative estimate of drug-likeness (QED) is 0.311. The first-order valence-electron chi connectivity index (χ1n) is 11.5. The lowest BCUT2D eigenvalue weighted by Gasteiger charge is -2.23. The topological polar surface area (TPSA) is 71.5 Å². The second-order valence-electron chi connectivity index (χ2n) is 9.12. The van der Waals surface area contributed by atoms with E-state index in [0.29, 0.717) is 16.7 Å². The Bertz CT molecular complexity index is 1030. The van der Waals surface area contributed by atoms with E-state index in [4.69, 9.17) is 22.3 Å². The summed E-state index contributed by atoms with van der Waals surface area (Å²) in [6.07, 6.45) is 8.99. The van der Waals surface area contributed by atoms with Crippen LogP contribution in [0.15, 0.2) is 41.5 Å². The number of halogens is 1. The average Bonchev–Trinajstić information content (AvgIpc) is 2.73. The number of fused-ring (bicyclic) bond motifs is 1. The molecule has 0 amide bonds. The van der Waals surface area contributed by atoms with Gasteiger partial charge in [-0.15, -0.1) is 0 Å². The number of pyridine rings is 1. The molecule has 1 heterocycles. The Morgan fingerprint density at radius 1 is 1.31 bits per heavy atom. The fourth-order valence-electron chi connectivity index (χ4n) is 3.60. The van der Waals surface area contributed by atoms with Crippen LogP contribution >= 0.6 is 11.6 Å². The normalized spacial score (nSPS) is 15.6. The number of aryl methyl sites for hydroxylation is 1. The van der Waals surface area contributed by atoms with E-state index in [2.05, 4.69) is 44.0 Å². The summed E-state index contributed by atoms with van der Waals surface area (Å²) in [5.74, 6) is 0.306. The molecule has 0 aliphatic carbocycles. The molecule has 0 aliphatic heterocycles. The minimum absolute atomic E-state index is 0.170. The number of rotatable bonds is 9. The first-order valence-corrected chi connectivity index (χ1v) is 11.9. The van der Waals surface area contributed by atoms with Crippen molar-refractivity contribution in [2.75, 3.05) is 0 Å². The van der Waals surface area contributed by atoms with Crippen molar-refractivity contribution in [3.63, 3.8) is 0 Å². The fraction of sp³-hybridized carbons (Fsp3) is 0.481. The second kappa shape index (κ2) is 11.2. The maximum atomic E-state index is 10.2. The van der Waals surface area contributed by atoms with Crippen LogP contribution in [0.2, 0.25) is 5.02 Å². The molecule has 0 bridgehead atoms. The number of nitrogens with two attached hydrogens (primary N) is 1. The molecule has 0 saturated carbocycles. The number of hydrogen-bond acceptors (Lipinski definition) is 4. The third-order valence-electron chi connectivity index (χ3n) is 5.97. The highest BCUT2D eigenvalue weighted by molar-refractivity contribution is 6.33. The van der Waals surface area contributed by atoms with E-state index in [0.717, 1.165) is 52.6 Å². The van der Waals surface area contributed by atoms with Gasteiger partial charge in [0, 0.05) is 23.3 Å². The third-order valence-corrected chi connectivity index (χ3v) is 6.45. The molecule has 2 atom stereocenters. The highest BCUT2D eigenvalue weighted by Crippen LogP contribution is 2.37. The molecule has 0 aliphatic rings. The number of nitrogens with zero attached hydrogens (tertiary/aromatic N) is 2. The van der Waals surface area contributed by atoms with Crippen LogP contribution in [0.25, 0.3) is 16.5 Å². The van der Waals surface area contributed by atoms with Gasteiger partial charge >= 0.3 is 0 Å². The molecule has 1 aromatic carbocycles. The van der Waals surface area contributed by atoms with Crippen molar-refractivity contribution >= 4 is 33.8 Å². The van der Waals surface area contributed by atoms with E-state index >= 15 is 0 Å². The van der Waals surface area contributed by atoms with E-state index in [1.807, 2.05) is 32.2 Å². The van der Waals surface area contributed by atoms with Crippen molar-refractivity contribution in [1.82, 2.24) is 4.98 Å². The van der Waals surface area contributed by atoms with Crippen LogP contribution in [0, 0.1) is 12.8 Å². The first kappa shape index (κ1) is 26.2. The molecule has 3 N–H and O–H groups in total. The van der Waals surface area contributed by atoms with E-state index < -0.39 is 5.60 Å². The molecular weight excluding hydrogens is 418 g/mol. The van der Waals surface area contributed by atoms with E-state index in [9.17, 15) is 5.11 Å². The molecule has 4 nitrogen and oxygen atoms in total.